The van der Waals surface area contributed by atoms with Crippen molar-refractivity contribution in [1.82, 2.24) is 4.98 Å². The fourth-order valence-corrected chi connectivity index (χ4v) is 7.44. The smallest absolute Gasteiger partial charge is 0.138 e. The maximum atomic E-state index is 6.13. The molecule has 0 saturated carbocycles. The summed E-state index contributed by atoms with van der Waals surface area (Å²) in [5, 5.41) is 7.15. The molecular weight excluding hydrogens is 545 g/mol. The van der Waals surface area contributed by atoms with Gasteiger partial charge in [0.15, 0.2) is 0 Å². The van der Waals surface area contributed by atoms with Gasteiger partial charge in [-0.25, -0.2) is 0 Å². The molecule has 0 radical (unpaired) electrons. The van der Waals surface area contributed by atoms with Crippen LogP contribution in [0.4, 0.5) is 17.1 Å². The van der Waals surface area contributed by atoms with E-state index in [4.69, 9.17) is 4.42 Å². The van der Waals surface area contributed by atoms with Gasteiger partial charge < -0.3 is 9.32 Å². The van der Waals surface area contributed by atoms with Crippen LogP contribution in [0.1, 0.15) is 0 Å². The molecule has 0 fully saturated rings. The maximum absolute atomic E-state index is 6.13. The number of thiophene rings is 1. The van der Waals surface area contributed by atoms with Crippen molar-refractivity contribution in [2.45, 2.75) is 0 Å². The third kappa shape index (κ3) is 3.92. The molecule has 3 heterocycles. The van der Waals surface area contributed by atoms with Gasteiger partial charge in [-0.05, 0) is 82.6 Å². The van der Waals surface area contributed by atoms with Crippen molar-refractivity contribution in [3.63, 3.8) is 0 Å². The standard InChI is InChI=1S/C39H24N2OS/c1-2-6-28(7-3-1)41(30-17-18-32-31-8-4-5-9-37(31)43-38(32)23-30)29-15-12-25(13-16-29)27-11-10-26-14-19-36-39(33(26)22-27)34-24-40-21-20-35(34)42-36/h1-24H. The topological polar surface area (TPSA) is 29.3 Å². The monoisotopic (exact) mass is 568 g/mol. The van der Waals surface area contributed by atoms with Crippen LogP contribution in [0.3, 0.4) is 0 Å². The molecule has 202 valence electrons. The molecule has 4 heteroatoms. The SMILES string of the molecule is c1ccc(N(c2ccc(-c3ccc4ccc5oc6ccncc6c5c4c3)cc2)c2ccc3c(c2)sc2ccccc23)cc1. The molecule has 43 heavy (non-hydrogen) atoms. The van der Waals surface area contributed by atoms with Crippen molar-refractivity contribution in [2.24, 2.45) is 0 Å². The molecule has 0 bridgehead atoms. The van der Waals surface area contributed by atoms with Crippen molar-refractivity contribution in [1.29, 1.82) is 0 Å². The van der Waals surface area contributed by atoms with Gasteiger partial charge in [0, 0.05) is 60.4 Å². The lowest BCUT2D eigenvalue weighted by Gasteiger charge is -2.25. The molecule has 0 atom stereocenters. The Morgan fingerprint density at radius 1 is 0.512 bits per heavy atom. The fraction of sp³-hybridized carbons (Fsp3) is 0. The Kier molecular flexibility index (Phi) is 5.37. The second-order valence-electron chi connectivity index (χ2n) is 10.8. The molecular formula is C39H24N2OS. The first-order chi connectivity index (χ1) is 21.3. The predicted molar refractivity (Wildman–Crippen MR) is 182 cm³/mol. The highest BCUT2D eigenvalue weighted by molar-refractivity contribution is 7.25. The molecule has 0 aliphatic heterocycles. The lowest BCUT2D eigenvalue weighted by atomic mass is 9.98. The van der Waals surface area contributed by atoms with E-state index < -0.39 is 0 Å². The van der Waals surface area contributed by atoms with E-state index in [1.807, 2.05) is 23.6 Å². The maximum Gasteiger partial charge on any atom is 0.138 e. The third-order valence-corrected chi connectivity index (χ3v) is 9.48. The molecule has 0 aliphatic carbocycles. The summed E-state index contributed by atoms with van der Waals surface area (Å²) in [4.78, 5) is 6.70. The second kappa shape index (κ2) is 9.55. The lowest BCUT2D eigenvalue weighted by molar-refractivity contribution is 0.668. The average molecular weight is 569 g/mol. The number of para-hydroxylation sites is 1. The van der Waals surface area contributed by atoms with Crippen LogP contribution in [0, 0.1) is 0 Å². The van der Waals surface area contributed by atoms with Gasteiger partial charge in [-0.2, -0.15) is 0 Å². The van der Waals surface area contributed by atoms with Crippen LogP contribution in [-0.4, -0.2) is 4.98 Å². The quantitative estimate of drug-likeness (QED) is 0.211. The Morgan fingerprint density at radius 3 is 2.16 bits per heavy atom. The van der Waals surface area contributed by atoms with Crippen LogP contribution in [0.5, 0.6) is 0 Å². The molecule has 9 aromatic rings. The Labute approximate surface area is 251 Å². The molecule has 3 nitrogen and oxygen atoms in total. The Morgan fingerprint density at radius 2 is 1.26 bits per heavy atom. The van der Waals surface area contributed by atoms with E-state index in [1.54, 1.807) is 6.20 Å². The molecule has 0 amide bonds. The van der Waals surface area contributed by atoms with Crippen molar-refractivity contribution in [3.8, 4) is 11.1 Å². The van der Waals surface area contributed by atoms with Gasteiger partial charge >= 0.3 is 0 Å². The summed E-state index contributed by atoms with van der Waals surface area (Å²) in [7, 11) is 0. The fourth-order valence-electron chi connectivity index (χ4n) is 6.30. The number of benzene rings is 6. The normalized spacial score (nSPS) is 11.7. The predicted octanol–water partition coefficient (Wildman–Crippen LogP) is 11.6. The summed E-state index contributed by atoms with van der Waals surface area (Å²) in [6, 6.07) is 47.7. The number of nitrogens with zero attached hydrogens (tertiary/aromatic N) is 2. The van der Waals surface area contributed by atoms with Crippen molar-refractivity contribution < 1.29 is 4.42 Å². The Balaban J connectivity index is 1.15. The molecule has 3 aromatic heterocycles. The van der Waals surface area contributed by atoms with Gasteiger partial charge in [0.25, 0.3) is 0 Å². The van der Waals surface area contributed by atoms with E-state index in [-0.39, 0.29) is 0 Å². The van der Waals surface area contributed by atoms with E-state index in [0.717, 1.165) is 39.0 Å². The minimum Gasteiger partial charge on any atom is -0.456 e. The molecule has 6 aromatic carbocycles. The highest BCUT2D eigenvalue weighted by atomic mass is 32.1. The van der Waals surface area contributed by atoms with E-state index in [1.165, 1.54) is 42.1 Å². The molecule has 0 spiro atoms. The minimum atomic E-state index is 0.863. The molecule has 0 N–H and O–H groups in total. The number of rotatable bonds is 4. The van der Waals surface area contributed by atoms with Crippen LogP contribution >= 0.6 is 11.3 Å². The summed E-state index contributed by atoms with van der Waals surface area (Å²) >= 11 is 1.85. The van der Waals surface area contributed by atoms with Crippen LogP contribution in [0.25, 0.3) is 64.0 Å². The number of hydrogen-bond donors (Lipinski definition) is 0. The number of anilines is 3. The second-order valence-corrected chi connectivity index (χ2v) is 11.9. The van der Waals surface area contributed by atoms with Crippen LogP contribution in [0.2, 0.25) is 0 Å². The van der Waals surface area contributed by atoms with E-state index >= 15 is 0 Å². The highest BCUT2D eigenvalue weighted by Crippen LogP contribution is 2.41. The summed E-state index contributed by atoms with van der Waals surface area (Å²) < 4.78 is 8.74. The lowest BCUT2D eigenvalue weighted by Crippen LogP contribution is -2.09. The van der Waals surface area contributed by atoms with E-state index in [9.17, 15) is 0 Å². The number of hydrogen-bond acceptors (Lipinski definition) is 4. The van der Waals surface area contributed by atoms with E-state index in [0.29, 0.717) is 0 Å². The Bertz CT molecular complexity index is 2460. The summed E-state index contributed by atoms with van der Waals surface area (Å²) in [5.41, 5.74) is 7.48. The van der Waals surface area contributed by atoms with Gasteiger partial charge in [0.05, 0.1) is 0 Å². The summed E-state index contributed by atoms with van der Waals surface area (Å²) in [5.74, 6) is 0. The van der Waals surface area contributed by atoms with Gasteiger partial charge in [-0.15, -0.1) is 11.3 Å². The zero-order valence-corrected chi connectivity index (χ0v) is 23.9. The molecule has 0 saturated heterocycles. The first kappa shape index (κ1) is 24.2. The summed E-state index contributed by atoms with van der Waals surface area (Å²) in [6.07, 6.45) is 3.68. The largest absolute Gasteiger partial charge is 0.456 e. The minimum absolute atomic E-state index is 0.863. The average Bonchev–Trinajstić information content (AvgIpc) is 3.64. The number of furan rings is 1. The number of pyridine rings is 1. The van der Waals surface area contributed by atoms with Gasteiger partial charge in [-0.1, -0.05) is 72.8 Å². The number of aromatic nitrogens is 1. The molecule has 0 aliphatic rings. The summed E-state index contributed by atoms with van der Waals surface area (Å²) in [6.45, 7) is 0. The first-order valence-electron chi connectivity index (χ1n) is 14.4. The third-order valence-electron chi connectivity index (χ3n) is 8.35. The van der Waals surface area contributed by atoms with Crippen molar-refractivity contribution >= 4 is 81.3 Å². The van der Waals surface area contributed by atoms with Gasteiger partial charge in [-0.3, -0.25) is 4.98 Å². The van der Waals surface area contributed by atoms with Crippen LogP contribution in [-0.2, 0) is 0 Å². The Hall–Kier alpha value is -5.45. The van der Waals surface area contributed by atoms with Crippen LogP contribution in [0.15, 0.2) is 150 Å². The van der Waals surface area contributed by atoms with Crippen molar-refractivity contribution in [2.75, 3.05) is 4.90 Å². The van der Waals surface area contributed by atoms with Crippen molar-refractivity contribution in [3.05, 3.63) is 146 Å². The zero-order chi connectivity index (χ0) is 28.3. The first-order valence-corrected chi connectivity index (χ1v) is 15.2. The zero-order valence-electron chi connectivity index (χ0n) is 23.1. The van der Waals surface area contributed by atoms with E-state index in [2.05, 4.69) is 137 Å². The molecule has 0 unspecified atom stereocenters. The molecule has 9 rings (SSSR count). The van der Waals surface area contributed by atoms with Crippen LogP contribution < -0.4 is 4.90 Å². The number of fused-ring (bicyclic) bond motifs is 8. The van der Waals surface area contributed by atoms with Gasteiger partial charge in [0.1, 0.15) is 11.2 Å². The van der Waals surface area contributed by atoms with Gasteiger partial charge in [0.2, 0.25) is 0 Å². The highest BCUT2D eigenvalue weighted by Gasteiger charge is 2.16.